The lowest BCUT2D eigenvalue weighted by Gasteiger charge is -2.75. The topological polar surface area (TPSA) is 63.2 Å². The lowest BCUT2D eigenvalue weighted by molar-refractivity contribution is -0.398. The first kappa shape index (κ1) is 27.9. The lowest BCUT2D eigenvalue weighted by atomic mass is 9.37. The molecule has 2 saturated heterocycles. The molecule has 6 nitrogen and oxygen atoms in total. The summed E-state index contributed by atoms with van der Waals surface area (Å²) in [6, 6.07) is 0. The van der Waals surface area contributed by atoms with Crippen LogP contribution >= 0.6 is 0 Å². The van der Waals surface area contributed by atoms with Gasteiger partial charge in [0.2, 0.25) is 0 Å². The highest BCUT2D eigenvalue weighted by Gasteiger charge is 2.78. The standard InChI is InChI=1S/C31H52O6/c1-21(2)29(7,18-27(3,4)5)26(32)37-31-17-22-16-30(25(22)31,36-24-13-9-11-15-34-24)19-28(6,20-31)35-23-12-8-10-14-33-23/h21-25H,8-20H2,1-7H3. The van der Waals surface area contributed by atoms with Crippen molar-refractivity contribution in [2.45, 2.75) is 148 Å². The Morgan fingerprint density at radius 2 is 1.46 bits per heavy atom. The van der Waals surface area contributed by atoms with Crippen molar-refractivity contribution in [1.82, 2.24) is 0 Å². The number of carbonyl (C=O) groups is 1. The molecule has 8 atom stereocenters. The number of esters is 1. The fraction of sp³-hybridized carbons (Fsp3) is 0.968. The van der Waals surface area contributed by atoms with Crippen LogP contribution < -0.4 is 0 Å². The summed E-state index contributed by atoms with van der Waals surface area (Å²) in [6.07, 6.45) is 10.2. The van der Waals surface area contributed by atoms with Crippen LogP contribution in [0.5, 0.6) is 0 Å². The normalized spacial score (nSPS) is 43.2. The number of ether oxygens (including phenoxy) is 5. The van der Waals surface area contributed by atoms with Crippen molar-refractivity contribution in [3.63, 3.8) is 0 Å². The molecule has 0 spiro atoms. The maximum absolute atomic E-state index is 14.1. The summed E-state index contributed by atoms with van der Waals surface area (Å²) in [6.45, 7) is 16.8. The molecule has 3 saturated carbocycles. The minimum atomic E-state index is -0.543. The molecular weight excluding hydrogens is 468 g/mol. The Balaban J connectivity index is 1.42. The Morgan fingerprint density at radius 3 is 1.97 bits per heavy atom. The zero-order valence-electron chi connectivity index (χ0n) is 24.5. The van der Waals surface area contributed by atoms with Gasteiger partial charge >= 0.3 is 5.97 Å². The van der Waals surface area contributed by atoms with E-state index in [1.165, 1.54) is 0 Å². The molecule has 0 aromatic carbocycles. The van der Waals surface area contributed by atoms with Crippen molar-refractivity contribution >= 4 is 5.97 Å². The molecule has 0 aromatic heterocycles. The van der Waals surface area contributed by atoms with Crippen molar-refractivity contribution in [1.29, 1.82) is 0 Å². The largest absolute Gasteiger partial charge is 0.458 e. The zero-order chi connectivity index (χ0) is 26.7. The number of hydrogen-bond acceptors (Lipinski definition) is 6. The maximum atomic E-state index is 14.1. The van der Waals surface area contributed by atoms with Gasteiger partial charge in [0.05, 0.1) is 16.6 Å². The van der Waals surface area contributed by atoms with Gasteiger partial charge in [-0.25, -0.2) is 0 Å². The van der Waals surface area contributed by atoms with E-state index in [1.54, 1.807) is 0 Å². The summed E-state index contributed by atoms with van der Waals surface area (Å²) in [5.74, 6) is 0.916. The summed E-state index contributed by atoms with van der Waals surface area (Å²) in [4.78, 5) is 14.1. The molecule has 2 aliphatic heterocycles. The van der Waals surface area contributed by atoms with Gasteiger partial charge in [0.1, 0.15) is 5.60 Å². The van der Waals surface area contributed by atoms with Gasteiger partial charge in [-0.1, -0.05) is 34.6 Å². The second-order valence-corrected chi connectivity index (χ2v) is 15.1. The first-order chi connectivity index (χ1) is 17.3. The minimum Gasteiger partial charge on any atom is -0.458 e. The van der Waals surface area contributed by atoms with Crippen LogP contribution in [-0.2, 0) is 28.5 Å². The van der Waals surface area contributed by atoms with Gasteiger partial charge in [-0.15, -0.1) is 0 Å². The van der Waals surface area contributed by atoms with E-state index in [-0.39, 0.29) is 41.4 Å². The van der Waals surface area contributed by atoms with Gasteiger partial charge in [-0.2, -0.15) is 0 Å². The van der Waals surface area contributed by atoms with E-state index >= 15 is 0 Å². The second-order valence-electron chi connectivity index (χ2n) is 15.1. The molecule has 8 unspecified atom stereocenters. The first-order valence-corrected chi connectivity index (χ1v) is 15.1. The van der Waals surface area contributed by atoms with Gasteiger partial charge in [-0.3, -0.25) is 4.79 Å². The lowest BCUT2D eigenvalue weighted by Crippen LogP contribution is -2.81. The van der Waals surface area contributed by atoms with E-state index in [9.17, 15) is 4.79 Å². The molecule has 2 heterocycles. The summed E-state index contributed by atoms with van der Waals surface area (Å²) in [5.41, 5.74) is -1.88. The van der Waals surface area contributed by atoms with Gasteiger partial charge in [-0.05, 0) is 88.9 Å². The minimum absolute atomic E-state index is 0.0298. The van der Waals surface area contributed by atoms with E-state index < -0.39 is 16.6 Å². The molecule has 0 aromatic rings. The van der Waals surface area contributed by atoms with E-state index in [4.69, 9.17) is 23.7 Å². The Bertz CT molecular complexity index is 839. The molecule has 3 aliphatic carbocycles. The molecule has 5 rings (SSSR count). The predicted octanol–water partition coefficient (Wildman–Crippen LogP) is 6.78. The van der Waals surface area contributed by atoms with E-state index in [0.29, 0.717) is 12.3 Å². The quantitative estimate of drug-likeness (QED) is 0.329. The molecule has 5 aliphatic rings. The number of carbonyl (C=O) groups excluding carboxylic acids is 1. The summed E-state index contributed by atoms with van der Waals surface area (Å²) in [5, 5.41) is 0. The molecule has 6 heteroatoms. The highest BCUT2D eigenvalue weighted by Crippen LogP contribution is 2.73. The van der Waals surface area contributed by atoms with Crippen LogP contribution in [0.1, 0.15) is 119 Å². The Kier molecular flexibility index (Phi) is 7.34. The summed E-state index contributed by atoms with van der Waals surface area (Å²) in [7, 11) is 0. The molecular formula is C31H52O6. The fourth-order valence-electron chi connectivity index (χ4n) is 8.65. The zero-order valence-corrected chi connectivity index (χ0v) is 24.5. The molecule has 0 radical (unpaired) electrons. The van der Waals surface area contributed by atoms with Crippen molar-refractivity contribution < 1.29 is 28.5 Å². The van der Waals surface area contributed by atoms with Crippen LogP contribution in [0.15, 0.2) is 0 Å². The van der Waals surface area contributed by atoms with Crippen molar-refractivity contribution in [3.8, 4) is 0 Å². The van der Waals surface area contributed by atoms with Crippen LogP contribution in [0.3, 0.4) is 0 Å². The van der Waals surface area contributed by atoms with Gasteiger partial charge in [0.25, 0.3) is 0 Å². The Morgan fingerprint density at radius 1 is 0.892 bits per heavy atom. The summed E-state index contributed by atoms with van der Waals surface area (Å²) >= 11 is 0. The van der Waals surface area contributed by atoms with E-state index in [2.05, 4.69) is 48.5 Å². The highest BCUT2D eigenvalue weighted by atomic mass is 16.7. The first-order valence-electron chi connectivity index (χ1n) is 15.1. The molecule has 5 fully saturated rings. The third-order valence-corrected chi connectivity index (χ3v) is 10.2. The average Bonchev–Trinajstić information content (AvgIpc) is 2.76. The fourth-order valence-corrected chi connectivity index (χ4v) is 8.65. The number of hydrogen-bond donors (Lipinski definition) is 0. The van der Waals surface area contributed by atoms with Crippen molar-refractivity contribution in [2.24, 2.45) is 28.6 Å². The van der Waals surface area contributed by atoms with Crippen LogP contribution in [0.25, 0.3) is 0 Å². The van der Waals surface area contributed by atoms with Gasteiger partial charge in [0, 0.05) is 32.0 Å². The molecule has 0 N–H and O–H groups in total. The highest BCUT2D eigenvalue weighted by molar-refractivity contribution is 5.77. The van der Waals surface area contributed by atoms with Crippen LogP contribution in [0.2, 0.25) is 0 Å². The summed E-state index contributed by atoms with van der Waals surface area (Å²) < 4.78 is 32.5. The van der Waals surface area contributed by atoms with Crippen LogP contribution in [0.4, 0.5) is 0 Å². The molecule has 37 heavy (non-hydrogen) atoms. The smallest absolute Gasteiger partial charge is 0.312 e. The molecule has 212 valence electrons. The maximum Gasteiger partial charge on any atom is 0.312 e. The molecule has 0 bridgehead atoms. The van der Waals surface area contributed by atoms with Gasteiger partial charge < -0.3 is 23.7 Å². The second kappa shape index (κ2) is 9.74. The van der Waals surface area contributed by atoms with Crippen molar-refractivity contribution in [2.75, 3.05) is 13.2 Å². The predicted molar refractivity (Wildman–Crippen MR) is 142 cm³/mol. The van der Waals surface area contributed by atoms with E-state index in [1.807, 2.05) is 0 Å². The number of rotatable bonds is 8. The third kappa shape index (κ3) is 5.26. The van der Waals surface area contributed by atoms with Crippen LogP contribution in [0, 0.1) is 28.6 Å². The molecule has 0 amide bonds. The SMILES string of the molecule is CC(C)C(C)(CC(C)(C)C)C(=O)OC12CC3CC(OC4CCCCO4)(CC(C)(OC4CCCCO4)C1)C32. The Hall–Kier alpha value is -0.690. The van der Waals surface area contributed by atoms with Crippen LogP contribution in [-0.4, -0.2) is 48.6 Å². The van der Waals surface area contributed by atoms with Gasteiger partial charge in [0.15, 0.2) is 12.6 Å². The Labute approximate surface area is 224 Å². The monoisotopic (exact) mass is 520 g/mol. The third-order valence-electron chi connectivity index (χ3n) is 10.2. The van der Waals surface area contributed by atoms with E-state index in [0.717, 1.165) is 77.4 Å². The average molecular weight is 521 g/mol. The van der Waals surface area contributed by atoms with Crippen molar-refractivity contribution in [3.05, 3.63) is 0 Å².